The first-order valence-electron chi connectivity index (χ1n) is 9.77. The lowest BCUT2D eigenvalue weighted by Gasteiger charge is -2.32. The van der Waals surface area contributed by atoms with E-state index >= 15 is 0 Å². The molecule has 1 heterocycles. The zero-order valence-electron chi connectivity index (χ0n) is 16.6. The number of phenolic OH excluding ortho intramolecular Hbond substituents is 1. The standard InChI is InChI=1S/C22H27ClN2O4/c1-28-20-6-2-3-7-21(20)29-15-22(27)24-12-17-5-4-10-25(14-17)13-16-8-9-19(26)18(23)11-16/h2-3,6-9,11,17,26H,4-5,10,12-15H2,1H3,(H,24,27). The van der Waals surface area contributed by atoms with Crippen molar-refractivity contribution in [2.75, 3.05) is 33.4 Å². The second kappa shape index (κ2) is 10.4. The highest BCUT2D eigenvalue weighted by molar-refractivity contribution is 6.32. The number of aromatic hydroxyl groups is 1. The monoisotopic (exact) mass is 418 g/mol. The lowest BCUT2D eigenvalue weighted by atomic mass is 9.97. The van der Waals surface area contributed by atoms with E-state index in [1.54, 1.807) is 31.4 Å². The number of phenols is 1. The number of amides is 1. The highest BCUT2D eigenvalue weighted by Crippen LogP contribution is 2.26. The predicted molar refractivity (Wildman–Crippen MR) is 113 cm³/mol. The fraction of sp³-hybridized carbons (Fsp3) is 0.409. The number of carbonyl (C=O) groups excluding carboxylic acids is 1. The first-order valence-corrected chi connectivity index (χ1v) is 10.1. The topological polar surface area (TPSA) is 71.0 Å². The molecule has 1 aliphatic heterocycles. The Morgan fingerprint density at radius 1 is 1.28 bits per heavy atom. The summed E-state index contributed by atoms with van der Waals surface area (Å²) in [7, 11) is 1.57. The number of methoxy groups -OCH3 is 1. The van der Waals surface area contributed by atoms with Gasteiger partial charge in [-0.1, -0.05) is 29.8 Å². The number of benzene rings is 2. The van der Waals surface area contributed by atoms with Gasteiger partial charge in [0.15, 0.2) is 18.1 Å². The van der Waals surface area contributed by atoms with Crippen molar-refractivity contribution in [2.45, 2.75) is 19.4 Å². The molecule has 0 spiro atoms. The molecule has 0 bridgehead atoms. The van der Waals surface area contributed by atoms with E-state index in [9.17, 15) is 9.90 Å². The maximum absolute atomic E-state index is 12.2. The van der Waals surface area contributed by atoms with Crippen LogP contribution in [0.2, 0.25) is 5.02 Å². The third-order valence-corrected chi connectivity index (χ3v) is 5.34. The van der Waals surface area contributed by atoms with Crippen LogP contribution in [0.3, 0.4) is 0 Å². The van der Waals surface area contributed by atoms with Gasteiger partial charge in [0.05, 0.1) is 12.1 Å². The molecule has 0 aliphatic carbocycles. The Morgan fingerprint density at radius 3 is 2.83 bits per heavy atom. The summed E-state index contributed by atoms with van der Waals surface area (Å²) in [6.07, 6.45) is 2.17. The van der Waals surface area contributed by atoms with Crippen molar-refractivity contribution in [1.29, 1.82) is 0 Å². The summed E-state index contributed by atoms with van der Waals surface area (Å²) < 4.78 is 10.8. The summed E-state index contributed by atoms with van der Waals surface area (Å²) in [5, 5.41) is 12.9. The Balaban J connectivity index is 1.43. The minimum absolute atomic E-state index is 0.0389. The highest BCUT2D eigenvalue weighted by Gasteiger charge is 2.21. The lowest BCUT2D eigenvalue weighted by molar-refractivity contribution is -0.123. The molecule has 0 aromatic heterocycles. The Kier molecular flexibility index (Phi) is 7.61. The molecule has 6 nitrogen and oxygen atoms in total. The molecular formula is C22H27ClN2O4. The van der Waals surface area contributed by atoms with Crippen molar-refractivity contribution in [1.82, 2.24) is 10.2 Å². The van der Waals surface area contributed by atoms with Crippen LogP contribution >= 0.6 is 11.6 Å². The number of carbonyl (C=O) groups is 1. The lowest BCUT2D eigenvalue weighted by Crippen LogP contribution is -2.41. The van der Waals surface area contributed by atoms with Crippen LogP contribution in [-0.2, 0) is 11.3 Å². The maximum Gasteiger partial charge on any atom is 0.257 e. The predicted octanol–water partition coefficient (Wildman–Crippen LogP) is 3.46. The van der Waals surface area contributed by atoms with Gasteiger partial charge < -0.3 is 19.9 Å². The van der Waals surface area contributed by atoms with Crippen molar-refractivity contribution < 1.29 is 19.4 Å². The van der Waals surface area contributed by atoms with Crippen LogP contribution in [-0.4, -0.2) is 49.3 Å². The van der Waals surface area contributed by atoms with Crippen LogP contribution in [0.15, 0.2) is 42.5 Å². The molecule has 7 heteroatoms. The van der Waals surface area contributed by atoms with Crippen molar-refractivity contribution in [2.24, 2.45) is 5.92 Å². The minimum atomic E-state index is -0.140. The third-order valence-electron chi connectivity index (χ3n) is 5.04. The second-order valence-corrected chi connectivity index (χ2v) is 7.68. The molecule has 1 unspecified atom stereocenters. The molecule has 1 aliphatic rings. The average molecular weight is 419 g/mol. The van der Waals surface area contributed by atoms with Gasteiger partial charge in [0.2, 0.25) is 0 Å². The average Bonchev–Trinajstić information content (AvgIpc) is 2.74. The van der Waals surface area contributed by atoms with E-state index < -0.39 is 0 Å². The number of hydrogen-bond acceptors (Lipinski definition) is 5. The number of nitrogens with zero attached hydrogens (tertiary/aromatic N) is 1. The number of rotatable bonds is 8. The number of ether oxygens (including phenoxy) is 2. The first kappa shape index (κ1) is 21.3. The quantitative estimate of drug-likeness (QED) is 0.687. The van der Waals surface area contributed by atoms with Crippen LogP contribution in [0.1, 0.15) is 18.4 Å². The Hall–Kier alpha value is -2.44. The molecule has 3 rings (SSSR count). The zero-order valence-corrected chi connectivity index (χ0v) is 17.3. The van der Waals surface area contributed by atoms with Gasteiger partial charge in [-0.15, -0.1) is 0 Å². The Bertz CT molecular complexity index is 830. The van der Waals surface area contributed by atoms with E-state index in [0.717, 1.165) is 38.0 Å². The molecule has 0 radical (unpaired) electrons. The molecule has 1 atom stereocenters. The Labute approximate surface area is 176 Å². The summed E-state index contributed by atoms with van der Waals surface area (Å²) in [5.41, 5.74) is 1.07. The number of nitrogens with one attached hydrogen (secondary N) is 1. The third kappa shape index (κ3) is 6.27. The molecule has 1 saturated heterocycles. The summed E-state index contributed by atoms with van der Waals surface area (Å²) >= 11 is 6.00. The normalized spacial score (nSPS) is 17.0. The first-order chi connectivity index (χ1) is 14.0. The fourth-order valence-corrected chi connectivity index (χ4v) is 3.76. The van der Waals surface area contributed by atoms with Crippen molar-refractivity contribution in [3.63, 3.8) is 0 Å². The zero-order chi connectivity index (χ0) is 20.6. The van der Waals surface area contributed by atoms with Crippen LogP contribution in [0.4, 0.5) is 0 Å². The van der Waals surface area contributed by atoms with E-state index in [1.807, 2.05) is 18.2 Å². The molecule has 1 amide bonds. The van der Waals surface area contributed by atoms with E-state index in [1.165, 1.54) is 0 Å². The summed E-state index contributed by atoms with van der Waals surface area (Å²) in [6.45, 7) is 3.29. The van der Waals surface area contributed by atoms with Crippen molar-refractivity contribution in [3.8, 4) is 17.2 Å². The maximum atomic E-state index is 12.2. The molecular weight excluding hydrogens is 392 g/mol. The highest BCUT2D eigenvalue weighted by atomic mass is 35.5. The van der Waals surface area contributed by atoms with Gasteiger partial charge in [0.25, 0.3) is 5.91 Å². The van der Waals surface area contributed by atoms with Gasteiger partial charge in [-0.2, -0.15) is 0 Å². The summed E-state index contributed by atoms with van der Waals surface area (Å²) in [5.74, 6) is 1.52. The van der Waals surface area contributed by atoms with Crippen molar-refractivity contribution in [3.05, 3.63) is 53.1 Å². The van der Waals surface area contributed by atoms with E-state index in [0.29, 0.717) is 29.0 Å². The molecule has 2 aromatic carbocycles. The van der Waals surface area contributed by atoms with Crippen LogP contribution in [0, 0.1) is 5.92 Å². The van der Waals surface area contributed by atoms with Gasteiger partial charge in [-0.3, -0.25) is 9.69 Å². The number of halogens is 1. The number of piperidine rings is 1. The second-order valence-electron chi connectivity index (χ2n) is 7.27. The van der Waals surface area contributed by atoms with Crippen LogP contribution in [0.25, 0.3) is 0 Å². The van der Waals surface area contributed by atoms with Crippen LogP contribution < -0.4 is 14.8 Å². The van der Waals surface area contributed by atoms with E-state index in [-0.39, 0.29) is 18.3 Å². The molecule has 1 fully saturated rings. The molecule has 156 valence electrons. The molecule has 2 N–H and O–H groups in total. The SMILES string of the molecule is COc1ccccc1OCC(=O)NCC1CCCN(Cc2ccc(O)c(Cl)c2)C1. The van der Waals surface area contributed by atoms with E-state index in [4.69, 9.17) is 21.1 Å². The number of hydrogen-bond donors (Lipinski definition) is 2. The summed E-state index contributed by atoms with van der Waals surface area (Å²) in [6, 6.07) is 12.6. The van der Waals surface area contributed by atoms with E-state index in [2.05, 4.69) is 10.2 Å². The van der Waals surface area contributed by atoms with Crippen molar-refractivity contribution >= 4 is 17.5 Å². The fourth-order valence-electron chi connectivity index (χ4n) is 3.56. The van der Waals surface area contributed by atoms with Gasteiger partial charge >= 0.3 is 0 Å². The summed E-state index contributed by atoms with van der Waals surface area (Å²) in [4.78, 5) is 14.5. The minimum Gasteiger partial charge on any atom is -0.506 e. The van der Waals surface area contributed by atoms with Gasteiger partial charge in [-0.05, 0) is 55.1 Å². The Morgan fingerprint density at radius 2 is 2.07 bits per heavy atom. The van der Waals surface area contributed by atoms with Gasteiger partial charge in [-0.25, -0.2) is 0 Å². The molecule has 0 saturated carbocycles. The number of para-hydroxylation sites is 2. The molecule has 2 aromatic rings. The molecule has 29 heavy (non-hydrogen) atoms. The van der Waals surface area contributed by atoms with Crippen LogP contribution in [0.5, 0.6) is 17.2 Å². The van der Waals surface area contributed by atoms with Gasteiger partial charge in [0.1, 0.15) is 5.75 Å². The van der Waals surface area contributed by atoms with Gasteiger partial charge in [0, 0.05) is 19.6 Å². The number of likely N-dealkylation sites (tertiary alicyclic amines) is 1. The largest absolute Gasteiger partial charge is 0.506 e. The smallest absolute Gasteiger partial charge is 0.257 e.